The molecular formula is C26H20BrNO6. The van der Waals surface area contributed by atoms with E-state index in [-0.39, 0.29) is 16.9 Å². The second kappa shape index (κ2) is 9.52. The number of rotatable bonds is 5. The van der Waals surface area contributed by atoms with Crippen molar-refractivity contribution in [3.63, 3.8) is 0 Å². The molecule has 3 aromatic carbocycles. The van der Waals surface area contributed by atoms with Crippen LogP contribution in [-0.4, -0.2) is 37.0 Å². The van der Waals surface area contributed by atoms with E-state index in [0.717, 1.165) is 4.47 Å². The highest BCUT2D eigenvalue weighted by molar-refractivity contribution is 9.10. The molecule has 0 spiro atoms. The normalized spacial score (nSPS) is 17.0. The third-order valence-corrected chi connectivity index (χ3v) is 6.05. The van der Waals surface area contributed by atoms with E-state index in [1.807, 2.05) is 0 Å². The Kier molecular flexibility index (Phi) is 6.51. The summed E-state index contributed by atoms with van der Waals surface area (Å²) in [5.41, 5.74) is 1.41. The summed E-state index contributed by atoms with van der Waals surface area (Å²) in [4.78, 5) is 39.9. The minimum absolute atomic E-state index is 0.0657. The van der Waals surface area contributed by atoms with Crippen molar-refractivity contribution < 1.29 is 29.0 Å². The molecule has 3 aromatic rings. The number of methoxy groups -OCH3 is 2. The average Bonchev–Trinajstić information content (AvgIpc) is 3.14. The Hall–Kier alpha value is -3.91. The summed E-state index contributed by atoms with van der Waals surface area (Å²) in [5, 5.41) is 11.2. The van der Waals surface area contributed by atoms with Crippen LogP contribution in [0.4, 0.5) is 5.69 Å². The second-order valence-electron chi connectivity index (χ2n) is 7.49. The maximum absolute atomic E-state index is 13.3. The highest BCUT2D eigenvalue weighted by Crippen LogP contribution is 2.43. The van der Waals surface area contributed by atoms with Crippen LogP contribution in [0.3, 0.4) is 0 Å². The molecule has 0 radical (unpaired) electrons. The van der Waals surface area contributed by atoms with Crippen molar-refractivity contribution in [2.75, 3.05) is 19.1 Å². The summed E-state index contributed by atoms with van der Waals surface area (Å²) in [5.74, 6) is -2.02. The first-order valence-corrected chi connectivity index (χ1v) is 11.0. The molecule has 1 N–H and O–H groups in total. The number of carbonyl (C=O) groups is 3. The van der Waals surface area contributed by atoms with E-state index in [0.29, 0.717) is 22.6 Å². The largest absolute Gasteiger partial charge is 0.507 e. The molecule has 1 aliphatic rings. The molecule has 1 atom stereocenters. The van der Waals surface area contributed by atoms with Crippen LogP contribution in [0, 0.1) is 0 Å². The number of Topliss-reactive ketones (excluding diaryl/α,β-unsaturated/α-hetero) is 1. The zero-order valence-electron chi connectivity index (χ0n) is 18.3. The zero-order valence-corrected chi connectivity index (χ0v) is 19.9. The van der Waals surface area contributed by atoms with E-state index >= 15 is 0 Å². The van der Waals surface area contributed by atoms with E-state index in [1.165, 1.54) is 25.2 Å². The first-order chi connectivity index (χ1) is 16.3. The van der Waals surface area contributed by atoms with E-state index in [2.05, 4.69) is 15.9 Å². The minimum atomic E-state index is -0.952. The number of benzene rings is 3. The summed E-state index contributed by atoms with van der Waals surface area (Å²) >= 11 is 3.35. The van der Waals surface area contributed by atoms with E-state index in [9.17, 15) is 19.5 Å². The lowest BCUT2D eigenvalue weighted by atomic mass is 9.95. The van der Waals surface area contributed by atoms with E-state index in [1.54, 1.807) is 66.7 Å². The molecule has 4 rings (SSSR count). The van der Waals surface area contributed by atoms with Crippen LogP contribution in [0.25, 0.3) is 5.76 Å². The molecule has 0 bridgehead atoms. The number of hydrogen-bond acceptors (Lipinski definition) is 6. The number of halogens is 1. The quantitative estimate of drug-likeness (QED) is 0.223. The minimum Gasteiger partial charge on any atom is -0.507 e. The van der Waals surface area contributed by atoms with Gasteiger partial charge < -0.3 is 14.6 Å². The molecule has 0 saturated carbocycles. The van der Waals surface area contributed by atoms with Crippen LogP contribution in [-0.2, 0) is 14.3 Å². The summed E-state index contributed by atoms with van der Waals surface area (Å²) < 4.78 is 10.9. The molecule has 7 nitrogen and oxygen atoms in total. The Bertz CT molecular complexity index is 1310. The maximum atomic E-state index is 13.3. The standard InChI is InChI=1S/C26H20BrNO6/c1-33-20-8-4-5-16(14-20)22-21(23(29)15-9-11-18(27)12-10-15)24(30)25(31)28(22)19-7-3-6-17(13-19)26(32)34-2/h3-14,22,29H,1-2H3/b23-21+. The highest BCUT2D eigenvalue weighted by Gasteiger charge is 2.47. The first-order valence-electron chi connectivity index (χ1n) is 10.2. The highest BCUT2D eigenvalue weighted by atomic mass is 79.9. The third kappa shape index (κ3) is 4.20. The Morgan fingerprint density at radius 3 is 2.32 bits per heavy atom. The van der Waals surface area contributed by atoms with Gasteiger partial charge in [0.1, 0.15) is 11.5 Å². The summed E-state index contributed by atoms with van der Waals surface area (Å²) in [7, 11) is 2.77. The Balaban J connectivity index is 1.95. The molecule has 172 valence electrons. The number of amides is 1. The SMILES string of the molecule is COC(=O)c1cccc(N2C(=O)C(=O)/C(=C(/O)c3ccc(Br)cc3)C2c2cccc(OC)c2)c1. The predicted octanol–water partition coefficient (Wildman–Crippen LogP) is 4.87. The van der Waals surface area contributed by atoms with Crippen LogP contribution in [0.5, 0.6) is 5.75 Å². The average molecular weight is 522 g/mol. The lowest BCUT2D eigenvalue weighted by Crippen LogP contribution is -2.29. The van der Waals surface area contributed by atoms with Gasteiger partial charge in [0.25, 0.3) is 11.7 Å². The van der Waals surface area contributed by atoms with Crippen molar-refractivity contribution in [2.24, 2.45) is 0 Å². The van der Waals surface area contributed by atoms with Crippen LogP contribution < -0.4 is 9.64 Å². The number of esters is 1. The van der Waals surface area contributed by atoms with Crippen molar-refractivity contribution in [2.45, 2.75) is 6.04 Å². The van der Waals surface area contributed by atoms with Crippen molar-refractivity contribution in [1.82, 2.24) is 0 Å². The molecule has 0 aliphatic carbocycles. The smallest absolute Gasteiger partial charge is 0.337 e. The number of aliphatic hydroxyl groups excluding tert-OH is 1. The van der Waals surface area contributed by atoms with Gasteiger partial charge in [-0.15, -0.1) is 0 Å². The molecular weight excluding hydrogens is 502 g/mol. The maximum Gasteiger partial charge on any atom is 0.337 e. The fourth-order valence-corrected chi connectivity index (χ4v) is 4.15. The fourth-order valence-electron chi connectivity index (χ4n) is 3.89. The van der Waals surface area contributed by atoms with Crippen LogP contribution in [0.2, 0.25) is 0 Å². The Morgan fingerprint density at radius 2 is 1.65 bits per heavy atom. The van der Waals surface area contributed by atoms with Gasteiger partial charge in [-0.3, -0.25) is 14.5 Å². The van der Waals surface area contributed by atoms with Gasteiger partial charge in [0.15, 0.2) is 0 Å². The van der Waals surface area contributed by atoms with Gasteiger partial charge in [0.05, 0.1) is 31.4 Å². The van der Waals surface area contributed by atoms with Crippen molar-refractivity contribution >= 4 is 45.0 Å². The lowest BCUT2D eigenvalue weighted by Gasteiger charge is -2.26. The molecule has 0 aromatic heterocycles. The summed E-state index contributed by atoms with van der Waals surface area (Å²) in [6.45, 7) is 0. The molecule has 1 aliphatic heterocycles. The number of aliphatic hydroxyl groups is 1. The van der Waals surface area contributed by atoms with Gasteiger partial charge >= 0.3 is 5.97 Å². The third-order valence-electron chi connectivity index (χ3n) is 5.52. The summed E-state index contributed by atoms with van der Waals surface area (Å²) in [6.07, 6.45) is 0. The monoisotopic (exact) mass is 521 g/mol. The van der Waals surface area contributed by atoms with E-state index < -0.39 is 23.7 Å². The Morgan fingerprint density at radius 1 is 0.941 bits per heavy atom. The topological polar surface area (TPSA) is 93.1 Å². The van der Waals surface area contributed by atoms with Gasteiger partial charge in [0.2, 0.25) is 0 Å². The van der Waals surface area contributed by atoms with Crippen molar-refractivity contribution in [3.05, 3.63) is 99.5 Å². The molecule has 8 heteroatoms. The molecule has 1 heterocycles. The van der Waals surface area contributed by atoms with Crippen LogP contribution in [0.15, 0.2) is 82.8 Å². The molecule has 1 saturated heterocycles. The molecule has 1 unspecified atom stereocenters. The van der Waals surface area contributed by atoms with E-state index in [4.69, 9.17) is 9.47 Å². The van der Waals surface area contributed by atoms with Gasteiger partial charge in [0, 0.05) is 15.7 Å². The second-order valence-corrected chi connectivity index (χ2v) is 8.41. The first kappa shape index (κ1) is 23.3. The molecule has 1 fully saturated rings. The van der Waals surface area contributed by atoms with Crippen molar-refractivity contribution in [3.8, 4) is 5.75 Å². The summed E-state index contributed by atoms with van der Waals surface area (Å²) in [6, 6.07) is 18.9. The zero-order chi connectivity index (χ0) is 24.4. The predicted molar refractivity (Wildman–Crippen MR) is 130 cm³/mol. The lowest BCUT2D eigenvalue weighted by molar-refractivity contribution is -0.132. The van der Waals surface area contributed by atoms with Crippen LogP contribution >= 0.6 is 15.9 Å². The van der Waals surface area contributed by atoms with Gasteiger partial charge in [-0.2, -0.15) is 0 Å². The number of anilines is 1. The van der Waals surface area contributed by atoms with Crippen LogP contribution in [0.1, 0.15) is 27.5 Å². The van der Waals surface area contributed by atoms with Gasteiger partial charge in [-0.05, 0) is 48.0 Å². The van der Waals surface area contributed by atoms with Crippen molar-refractivity contribution in [1.29, 1.82) is 0 Å². The Labute approximate surface area is 204 Å². The van der Waals surface area contributed by atoms with Gasteiger partial charge in [-0.1, -0.05) is 46.3 Å². The molecule has 34 heavy (non-hydrogen) atoms. The number of ether oxygens (including phenoxy) is 2. The van der Waals surface area contributed by atoms with Gasteiger partial charge in [-0.25, -0.2) is 4.79 Å². The number of ketones is 1. The number of hydrogen-bond donors (Lipinski definition) is 1. The molecule has 1 amide bonds. The number of carbonyl (C=O) groups excluding carboxylic acids is 3. The number of nitrogens with zero attached hydrogens (tertiary/aromatic N) is 1. The fraction of sp³-hybridized carbons (Fsp3) is 0.115.